The molecule has 9 heteroatoms. The van der Waals surface area contributed by atoms with Crippen LogP contribution in [-0.4, -0.2) is 20.0 Å². The highest BCUT2D eigenvalue weighted by Crippen LogP contribution is 2.12. The maximum absolute atomic E-state index is 12.0. The molecule has 0 spiro atoms. The number of sulfonamides is 1. The van der Waals surface area contributed by atoms with E-state index < -0.39 is 15.9 Å². The van der Waals surface area contributed by atoms with Gasteiger partial charge in [-0.15, -0.1) is 0 Å². The van der Waals surface area contributed by atoms with E-state index >= 15 is 0 Å². The predicted octanol–water partition coefficient (Wildman–Crippen LogP) is 1.26. The smallest absolute Gasteiger partial charge is 0.287 e. The van der Waals surface area contributed by atoms with Crippen molar-refractivity contribution >= 4 is 33.0 Å². The summed E-state index contributed by atoms with van der Waals surface area (Å²) in [5.74, 6) is -0.732. The molecule has 0 bridgehead atoms. The first-order valence-corrected chi connectivity index (χ1v) is 8.18. The molecule has 0 aliphatic rings. The lowest BCUT2D eigenvalue weighted by atomic mass is 10.3. The van der Waals surface area contributed by atoms with E-state index in [-0.39, 0.29) is 10.6 Å². The number of carbonyl (C=O) groups is 1. The molecule has 24 heavy (non-hydrogen) atoms. The zero-order valence-corrected chi connectivity index (χ0v) is 13.1. The van der Waals surface area contributed by atoms with Crippen LogP contribution in [0.1, 0.15) is 0 Å². The number of hydrogen-bond donors (Lipinski definition) is 3. The third-order valence-electron chi connectivity index (χ3n) is 2.83. The zero-order valence-electron chi connectivity index (χ0n) is 12.3. The first-order chi connectivity index (χ1) is 11.4. The lowest BCUT2D eigenvalue weighted by molar-refractivity contribution is -0.110. The van der Waals surface area contributed by atoms with Gasteiger partial charge in [-0.25, -0.2) is 13.6 Å². The Kier molecular flexibility index (Phi) is 5.26. The van der Waals surface area contributed by atoms with Crippen LogP contribution in [0.4, 0.5) is 11.4 Å². The minimum Gasteiger partial charge on any atom is -0.320 e. The summed E-state index contributed by atoms with van der Waals surface area (Å²) < 4.78 is 22.3. The van der Waals surface area contributed by atoms with Crippen molar-refractivity contribution < 1.29 is 13.2 Å². The summed E-state index contributed by atoms with van der Waals surface area (Å²) in [5.41, 5.74) is 3.14. The first kappa shape index (κ1) is 17.1. The Balaban J connectivity index is 2.08. The molecule has 2 aromatic carbocycles. The van der Waals surface area contributed by atoms with Gasteiger partial charge in [0.15, 0.2) is 0 Å². The minimum absolute atomic E-state index is 0.0829. The summed E-state index contributed by atoms with van der Waals surface area (Å²) in [5, 5.41) is 20.2. The zero-order chi connectivity index (χ0) is 17.6. The van der Waals surface area contributed by atoms with E-state index in [1.165, 1.54) is 24.3 Å². The Morgan fingerprint density at radius 1 is 1.04 bits per heavy atom. The number of carbonyl (C=O) groups excluding carboxylic acids is 1. The van der Waals surface area contributed by atoms with Gasteiger partial charge >= 0.3 is 0 Å². The summed E-state index contributed by atoms with van der Waals surface area (Å²) in [7, 11) is -3.81. The van der Waals surface area contributed by atoms with Crippen molar-refractivity contribution in [2.45, 2.75) is 4.90 Å². The number of para-hydroxylation sites is 1. The molecule has 0 saturated heterocycles. The molecule has 0 saturated carbocycles. The minimum atomic E-state index is -3.81. The number of benzene rings is 2. The number of nitrogens with one attached hydrogen (secondary N) is 2. The topological polar surface area (TPSA) is 137 Å². The lowest BCUT2D eigenvalue weighted by Gasteiger charge is -2.05. The lowest BCUT2D eigenvalue weighted by Crippen LogP contribution is -2.22. The summed E-state index contributed by atoms with van der Waals surface area (Å²) in [6.45, 7) is 0. The molecule has 122 valence electrons. The van der Waals surface area contributed by atoms with Crippen molar-refractivity contribution in [2.75, 3.05) is 10.7 Å². The van der Waals surface area contributed by atoms with Crippen molar-refractivity contribution in [3.8, 4) is 6.07 Å². The van der Waals surface area contributed by atoms with Crippen LogP contribution in [0.2, 0.25) is 0 Å². The number of hydrazone groups is 1. The molecule has 0 atom stereocenters. The fourth-order valence-electron chi connectivity index (χ4n) is 1.68. The Morgan fingerprint density at radius 2 is 1.67 bits per heavy atom. The first-order valence-electron chi connectivity index (χ1n) is 6.63. The Bertz CT molecular complexity index is 900. The maximum atomic E-state index is 12.0. The summed E-state index contributed by atoms with van der Waals surface area (Å²) >= 11 is 0. The molecule has 8 nitrogen and oxygen atoms in total. The van der Waals surface area contributed by atoms with Crippen molar-refractivity contribution in [1.29, 1.82) is 5.26 Å². The number of hydrogen-bond acceptors (Lipinski definition) is 6. The Morgan fingerprint density at radius 3 is 2.21 bits per heavy atom. The highest BCUT2D eigenvalue weighted by atomic mass is 32.2. The van der Waals surface area contributed by atoms with Crippen LogP contribution in [0.3, 0.4) is 0 Å². The molecule has 2 aromatic rings. The summed E-state index contributed by atoms with van der Waals surface area (Å²) in [4.78, 5) is 11.9. The molecule has 1 amide bonds. The number of anilines is 2. The number of nitrogens with two attached hydrogens (primary N) is 1. The number of amides is 1. The van der Waals surface area contributed by atoms with Gasteiger partial charge in [-0.1, -0.05) is 18.2 Å². The van der Waals surface area contributed by atoms with E-state index in [0.29, 0.717) is 11.4 Å². The van der Waals surface area contributed by atoms with Gasteiger partial charge in [0.1, 0.15) is 6.07 Å². The highest BCUT2D eigenvalue weighted by Gasteiger charge is 2.12. The molecule has 0 aromatic heterocycles. The van der Waals surface area contributed by atoms with Gasteiger partial charge in [0.05, 0.1) is 10.6 Å². The summed E-state index contributed by atoms with van der Waals surface area (Å²) in [6.07, 6.45) is 0. The Hall–Kier alpha value is -3.22. The molecule has 0 fully saturated rings. The van der Waals surface area contributed by atoms with E-state index in [2.05, 4.69) is 15.8 Å². The molecule has 0 aliphatic carbocycles. The molecule has 2 rings (SSSR count). The third kappa shape index (κ3) is 4.64. The van der Waals surface area contributed by atoms with Gasteiger partial charge < -0.3 is 5.32 Å². The molecule has 0 heterocycles. The number of nitrogens with zero attached hydrogens (tertiary/aromatic N) is 2. The summed E-state index contributed by atoms with van der Waals surface area (Å²) in [6, 6.07) is 15.7. The monoisotopic (exact) mass is 343 g/mol. The highest BCUT2D eigenvalue weighted by molar-refractivity contribution is 7.89. The number of rotatable bonds is 5. The maximum Gasteiger partial charge on any atom is 0.287 e. The number of primary sulfonamides is 1. The molecule has 0 aliphatic heterocycles. The van der Waals surface area contributed by atoms with Gasteiger partial charge in [-0.3, -0.25) is 10.2 Å². The standard InChI is InChI=1S/C15H13N5O3S/c16-10-14(20-19-12-4-2-1-3-5-12)15(21)18-11-6-8-13(9-7-11)24(17,22)23/h1-9,19H,(H,18,21)(H2,17,22,23)/b20-14+. The second-order valence-electron chi connectivity index (χ2n) is 4.57. The quantitative estimate of drug-likeness (QED) is 0.554. The Labute approximate surface area is 138 Å². The fourth-order valence-corrected chi connectivity index (χ4v) is 2.19. The van der Waals surface area contributed by atoms with Crippen LogP contribution in [0.15, 0.2) is 64.6 Å². The van der Waals surface area contributed by atoms with Crippen molar-refractivity contribution in [2.24, 2.45) is 10.2 Å². The van der Waals surface area contributed by atoms with Crippen LogP contribution < -0.4 is 15.9 Å². The van der Waals surface area contributed by atoms with Gasteiger partial charge in [0.25, 0.3) is 5.91 Å². The van der Waals surface area contributed by atoms with Crippen LogP contribution in [0.5, 0.6) is 0 Å². The molecule has 0 radical (unpaired) electrons. The van der Waals surface area contributed by atoms with Crippen molar-refractivity contribution in [1.82, 2.24) is 0 Å². The molecular formula is C15H13N5O3S. The van der Waals surface area contributed by atoms with Gasteiger partial charge in [-0.05, 0) is 36.4 Å². The van der Waals surface area contributed by atoms with Gasteiger partial charge in [-0.2, -0.15) is 10.4 Å². The van der Waals surface area contributed by atoms with Crippen LogP contribution >= 0.6 is 0 Å². The largest absolute Gasteiger partial charge is 0.320 e. The number of nitriles is 1. The SMILES string of the molecule is N#C/C(=N\Nc1ccccc1)C(=O)Nc1ccc(S(N)(=O)=O)cc1. The second-order valence-corrected chi connectivity index (χ2v) is 6.13. The van der Waals surface area contributed by atoms with Gasteiger partial charge in [0, 0.05) is 5.69 Å². The van der Waals surface area contributed by atoms with E-state index in [9.17, 15) is 13.2 Å². The normalized spacial score (nSPS) is 11.4. The molecule has 0 unspecified atom stereocenters. The van der Waals surface area contributed by atoms with Crippen LogP contribution in [0.25, 0.3) is 0 Å². The van der Waals surface area contributed by atoms with E-state index in [1.807, 2.05) is 6.07 Å². The van der Waals surface area contributed by atoms with Crippen LogP contribution in [0, 0.1) is 11.3 Å². The molecule has 4 N–H and O–H groups in total. The van der Waals surface area contributed by atoms with E-state index in [4.69, 9.17) is 10.4 Å². The van der Waals surface area contributed by atoms with Crippen molar-refractivity contribution in [3.05, 3.63) is 54.6 Å². The predicted molar refractivity (Wildman–Crippen MR) is 89.6 cm³/mol. The van der Waals surface area contributed by atoms with Crippen molar-refractivity contribution in [3.63, 3.8) is 0 Å². The average Bonchev–Trinajstić information content (AvgIpc) is 2.56. The second kappa shape index (κ2) is 7.36. The van der Waals surface area contributed by atoms with Crippen LogP contribution in [-0.2, 0) is 14.8 Å². The van der Waals surface area contributed by atoms with Gasteiger partial charge in [0.2, 0.25) is 15.7 Å². The third-order valence-corrected chi connectivity index (χ3v) is 3.76. The van der Waals surface area contributed by atoms with E-state index in [0.717, 1.165) is 0 Å². The van der Waals surface area contributed by atoms with E-state index in [1.54, 1.807) is 30.3 Å². The molecular weight excluding hydrogens is 330 g/mol. The fraction of sp³-hybridized carbons (Fsp3) is 0. The average molecular weight is 343 g/mol.